The van der Waals surface area contributed by atoms with E-state index < -0.39 is 0 Å². The highest BCUT2D eigenvalue weighted by Crippen LogP contribution is 2.68. The quantitative estimate of drug-likeness (QED) is 0.824. The van der Waals surface area contributed by atoms with E-state index in [-0.39, 0.29) is 22.7 Å². The molecule has 1 aliphatic carbocycles. The molecule has 1 amide bonds. The highest BCUT2D eigenvalue weighted by atomic mass is 35.5. The molecule has 1 fully saturated rings. The standard InChI is InChI=1S/C17H21ClN2O/c1-16(2)14(17(16,3)4)15(21)20-13-10-11(6-5-9-19)7-8-12(13)18/h7-8,10,14H,9,19H2,1-4H3,(H,20,21). The number of benzene rings is 1. The van der Waals surface area contributed by atoms with E-state index >= 15 is 0 Å². The molecule has 0 bridgehead atoms. The maximum atomic E-state index is 12.5. The maximum Gasteiger partial charge on any atom is 0.228 e. The minimum absolute atomic E-state index is 0.000521. The van der Waals surface area contributed by atoms with Crippen molar-refractivity contribution in [2.24, 2.45) is 22.5 Å². The van der Waals surface area contributed by atoms with E-state index in [0.29, 0.717) is 17.3 Å². The fourth-order valence-corrected chi connectivity index (χ4v) is 3.07. The maximum absolute atomic E-state index is 12.5. The number of rotatable bonds is 2. The van der Waals surface area contributed by atoms with Crippen molar-refractivity contribution in [2.75, 3.05) is 11.9 Å². The molecule has 0 saturated heterocycles. The Morgan fingerprint density at radius 3 is 2.48 bits per heavy atom. The van der Waals surface area contributed by atoms with Crippen LogP contribution in [0.25, 0.3) is 0 Å². The Kier molecular flexibility index (Phi) is 4.06. The minimum atomic E-state index is -0.0140. The first-order chi connectivity index (χ1) is 9.71. The highest BCUT2D eigenvalue weighted by Gasteiger charge is 2.68. The lowest BCUT2D eigenvalue weighted by molar-refractivity contribution is -0.118. The van der Waals surface area contributed by atoms with Gasteiger partial charge in [0.2, 0.25) is 5.91 Å². The van der Waals surface area contributed by atoms with Crippen LogP contribution < -0.4 is 11.1 Å². The van der Waals surface area contributed by atoms with Crippen LogP contribution >= 0.6 is 11.6 Å². The first kappa shape index (κ1) is 15.9. The number of nitrogens with one attached hydrogen (secondary N) is 1. The number of anilines is 1. The Labute approximate surface area is 131 Å². The first-order valence-corrected chi connectivity index (χ1v) is 7.39. The van der Waals surface area contributed by atoms with Gasteiger partial charge >= 0.3 is 0 Å². The molecule has 3 nitrogen and oxygen atoms in total. The van der Waals surface area contributed by atoms with Crippen LogP contribution in [0.5, 0.6) is 0 Å². The van der Waals surface area contributed by atoms with Gasteiger partial charge in [-0.25, -0.2) is 0 Å². The highest BCUT2D eigenvalue weighted by molar-refractivity contribution is 6.33. The van der Waals surface area contributed by atoms with E-state index in [4.69, 9.17) is 17.3 Å². The normalized spacial score (nSPS) is 18.6. The second-order valence-electron chi connectivity index (χ2n) is 6.57. The molecule has 4 heteroatoms. The molecule has 0 atom stereocenters. The number of halogens is 1. The van der Waals surface area contributed by atoms with Gasteiger partial charge in [-0.3, -0.25) is 4.79 Å². The Balaban J connectivity index is 2.19. The van der Waals surface area contributed by atoms with Crippen LogP contribution in [0.1, 0.15) is 33.3 Å². The lowest BCUT2D eigenvalue weighted by atomic mass is 10.0. The second-order valence-corrected chi connectivity index (χ2v) is 6.97. The van der Waals surface area contributed by atoms with Gasteiger partial charge in [-0.05, 0) is 29.0 Å². The van der Waals surface area contributed by atoms with Crippen LogP contribution in [0.3, 0.4) is 0 Å². The van der Waals surface area contributed by atoms with E-state index in [1.165, 1.54) is 0 Å². The Morgan fingerprint density at radius 1 is 1.33 bits per heavy atom. The molecule has 0 aromatic heterocycles. The van der Waals surface area contributed by atoms with Crippen LogP contribution in [0, 0.1) is 28.6 Å². The molecule has 1 saturated carbocycles. The summed E-state index contributed by atoms with van der Waals surface area (Å²) in [4.78, 5) is 12.5. The monoisotopic (exact) mass is 304 g/mol. The lowest BCUT2D eigenvalue weighted by Crippen LogP contribution is -2.18. The van der Waals surface area contributed by atoms with Crippen molar-refractivity contribution in [1.29, 1.82) is 0 Å². The molecule has 1 aromatic rings. The summed E-state index contributed by atoms with van der Waals surface area (Å²) in [5.41, 5.74) is 6.75. The summed E-state index contributed by atoms with van der Waals surface area (Å²) in [6, 6.07) is 5.33. The van der Waals surface area contributed by atoms with Crippen LogP contribution in [0.4, 0.5) is 5.69 Å². The number of hydrogen-bond donors (Lipinski definition) is 2. The van der Waals surface area contributed by atoms with Gasteiger partial charge in [0.15, 0.2) is 0 Å². The van der Waals surface area contributed by atoms with Crippen LogP contribution in [-0.4, -0.2) is 12.5 Å². The zero-order valence-electron chi connectivity index (χ0n) is 12.9. The average Bonchev–Trinajstić information content (AvgIpc) is 2.80. The topological polar surface area (TPSA) is 55.1 Å². The molecule has 0 radical (unpaired) electrons. The molecule has 2 rings (SSSR count). The molecule has 0 heterocycles. The SMILES string of the molecule is CC1(C)C(C(=O)Nc2cc(C#CCN)ccc2Cl)C1(C)C. The van der Waals surface area contributed by atoms with Gasteiger partial charge in [-0.15, -0.1) is 0 Å². The fourth-order valence-electron chi connectivity index (χ4n) is 2.91. The van der Waals surface area contributed by atoms with Gasteiger partial charge in [-0.1, -0.05) is 51.1 Å². The summed E-state index contributed by atoms with van der Waals surface area (Å²) < 4.78 is 0. The van der Waals surface area contributed by atoms with Gasteiger partial charge in [0.25, 0.3) is 0 Å². The third kappa shape index (κ3) is 2.79. The largest absolute Gasteiger partial charge is 0.324 e. The third-order valence-electron chi connectivity index (χ3n) is 4.84. The summed E-state index contributed by atoms with van der Waals surface area (Å²) >= 11 is 6.15. The molecule has 1 aliphatic rings. The Hall–Kier alpha value is -1.50. The molecule has 21 heavy (non-hydrogen) atoms. The third-order valence-corrected chi connectivity index (χ3v) is 5.17. The van der Waals surface area contributed by atoms with Gasteiger partial charge in [0.1, 0.15) is 0 Å². The summed E-state index contributed by atoms with van der Waals surface area (Å²) in [5, 5.41) is 3.44. The van der Waals surface area contributed by atoms with Crippen molar-refractivity contribution < 1.29 is 4.79 Å². The molecule has 0 aliphatic heterocycles. The van der Waals surface area contributed by atoms with Crippen molar-refractivity contribution in [3.63, 3.8) is 0 Å². The molecular formula is C17H21ClN2O. The summed E-state index contributed by atoms with van der Waals surface area (Å²) in [7, 11) is 0. The minimum Gasteiger partial charge on any atom is -0.324 e. The summed E-state index contributed by atoms with van der Waals surface area (Å²) in [5.74, 6) is 5.72. The van der Waals surface area contributed by atoms with E-state index in [2.05, 4.69) is 44.9 Å². The fraction of sp³-hybridized carbons (Fsp3) is 0.471. The summed E-state index contributed by atoms with van der Waals surface area (Å²) in [6.45, 7) is 8.75. The van der Waals surface area contributed by atoms with Gasteiger partial charge < -0.3 is 11.1 Å². The molecule has 3 N–H and O–H groups in total. The number of carbonyl (C=O) groups excluding carboxylic acids is 1. The first-order valence-electron chi connectivity index (χ1n) is 7.01. The molecule has 112 valence electrons. The van der Waals surface area contributed by atoms with Crippen LogP contribution in [0.2, 0.25) is 5.02 Å². The predicted molar refractivity (Wildman–Crippen MR) is 87.1 cm³/mol. The van der Waals surface area contributed by atoms with Gasteiger partial charge in [0.05, 0.1) is 17.3 Å². The summed E-state index contributed by atoms with van der Waals surface area (Å²) in [6.07, 6.45) is 0. The van der Waals surface area contributed by atoms with E-state index in [9.17, 15) is 4.79 Å². The zero-order valence-corrected chi connectivity index (χ0v) is 13.6. The van der Waals surface area contributed by atoms with Crippen molar-refractivity contribution in [1.82, 2.24) is 0 Å². The van der Waals surface area contributed by atoms with Crippen molar-refractivity contribution in [2.45, 2.75) is 27.7 Å². The Morgan fingerprint density at radius 2 is 1.95 bits per heavy atom. The van der Waals surface area contributed by atoms with Crippen molar-refractivity contribution >= 4 is 23.2 Å². The van der Waals surface area contributed by atoms with E-state index in [0.717, 1.165) is 5.56 Å². The van der Waals surface area contributed by atoms with E-state index in [1.54, 1.807) is 12.1 Å². The lowest BCUT2D eigenvalue weighted by Gasteiger charge is -2.09. The molecule has 0 spiro atoms. The molecule has 0 unspecified atom stereocenters. The number of hydrogen-bond acceptors (Lipinski definition) is 2. The van der Waals surface area contributed by atoms with Crippen LogP contribution in [0.15, 0.2) is 18.2 Å². The van der Waals surface area contributed by atoms with Gasteiger partial charge in [0, 0.05) is 11.5 Å². The Bertz CT molecular complexity index is 624. The van der Waals surface area contributed by atoms with Crippen molar-refractivity contribution in [3.8, 4) is 11.8 Å². The van der Waals surface area contributed by atoms with E-state index in [1.807, 2.05) is 6.07 Å². The smallest absolute Gasteiger partial charge is 0.228 e. The number of nitrogens with two attached hydrogens (primary N) is 1. The molecule has 1 aromatic carbocycles. The molecular weight excluding hydrogens is 284 g/mol. The second kappa shape index (κ2) is 5.36. The van der Waals surface area contributed by atoms with Crippen molar-refractivity contribution in [3.05, 3.63) is 28.8 Å². The van der Waals surface area contributed by atoms with Gasteiger partial charge in [-0.2, -0.15) is 0 Å². The van der Waals surface area contributed by atoms with Crippen LogP contribution in [-0.2, 0) is 4.79 Å². The average molecular weight is 305 g/mol. The number of carbonyl (C=O) groups is 1. The predicted octanol–water partition coefficient (Wildman–Crippen LogP) is 3.27. The zero-order chi connectivity index (χ0) is 15.8. The number of amides is 1.